The summed E-state index contributed by atoms with van der Waals surface area (Å²) in [6.45, 7) is 0.631. The molecule has 1 aromatic carbocycles. The van der Waals surface area contributed by atoms with Crippen LogP contribution in [0.2, 0.25) is 0 Å². The van der Waals surface area contributed by atoms with Crippen LogP contribution in [0.15, 0.2) is 24.5 Å². The number of fused-ring (bicyclic) bond motifs is 1. The number of alkyl halides is 3. The van der Waals surface area contributed by atoms with Gasteiger partial charge >= 0.3 is 6.18 Å². The van der Waals surface area contributed by atoms with Crippen molar-refractivity contribution in [3.05, 3.63) is 30.1 Å². The summed E-state index contributed by atoms with van der Waals surface area (Å²) in [5.41, 5.74) is 1.08. The highest BCUT2D eigenvalue weighted by Gasteiger charge is 2.47. The van der Waals surface area contributed by atoms with Crippen molar-refractivity contribution in [2.45, 2.75) is 31.4 Å². The molecular weight excluding hydrogens is 391 g/mol. The summed E-state index contributed by atoms with van der Waals surface area (Å²) >= 11 is 0. The average molecular weight is 409 g/mol. The fraction of sp³-hybridized carbons (Fsp3) is 0.444. The van der Waals surface area contributed by atoms with Crippen molar-refractivity contribution < 1.29 is 27.8 Å². The van der Waals surface area contributed by atoms with Gasteiger partial charge in [-0.15, -0.1) is 0 Å². The number of ether oxygens (including phenoxy) is 1. The molecule has 1 saturated heterocycles. The van der Waals surface area contributed by atoms with E-state index in [4.69, 9.17) is 4.74 Å². The van der Waals surface area contributed by atoms with Crippen LogP contribution < -0.4 is 10.2 Å². The second-order valence-corrected chi connectivity index (χ2v) is 6.65. The van der Waals surface area contributed by atoms with Gasteiger partial charge in [0, 0.05) is 18.9 Å². The third kappa shape index (κ3) is 4.55. The molecule has 0 radical (unpaired) electrons. The fourth-order valence-electron chi connectivity index (χ4n) is 3.03. The second-order valence-electron chi connectivity index (χ2n) is 6.65. The highest BCUT2D eigenvalue weighted by atomic mass is 19.4. The number of hydrogen-bond donors (Lipinski definition) is 2. The molecule has 0 saturated carbocycles. The first-order valence-electron chi connectivity index (χ1n) is 8.77. The smallest absolute Gasteiger partial charge is 0.392 e. The molecule has 0 aliphatic carbocycles. The molecule has 1 fully saturated rings. The van der Waals surface area contributed by atoms with E-state index in [0.29, 0.717) is 5.69 Å². The molecule has 2 aromatic rings. The molecule has 0 spiro atoms. The van der Waals surface area contributed by atoms with Crippen molar-refractivity contribution in [1.82, 2.24) is 15.3 Å². The molecule has 29 heavy (non-hydrogen) atoms. The van der Waals surface area contributed by atoms with Gasteiger partial charge < -0.3 is 20.1 Å². The number of aromatic nitrogens is 2. The van der Waals surface area contributed by atoms with E-state index < -0.39 is 36.9 Å². The van der Waals surface area contributed by atoms with Crippen molar-refractivity contribution in [2.75, 3.05) is 24.5 Å². The lowest BCUT2D eigenvalue weighted by Gasteiger charge is -2.39. The van der Waals surface area contributed by atoms with Crippen LogP contribution in [0.25, 0.3) is 11.0 Å². The summed E-state index contributed by atoms with van der Waals surface area (Å²) < 4.78 is 45.3. The molecule has 3 rings (SSSR count). The summed E-state index contributed by atoms with van der Waals surface area (Å²) in [5, 5.41) is 20.9. The molecule has 8 nitrogen and oxygen atoms in total. The van der Waals surface area contributed by atoms with Gasteiger partial charge in [0.05, 0.1) is 30.4 Å². The van der Waals surface area contributed by atoms with Crippen molar-refractivity contribution in [2.24, 2.45) is 0 Å². The molecule has 154 valence electrons. The molecule has 11 heteroatoms. The summed E-state index contributed by atoms with van der Waals surface area (Å²) in [5.74, 6) is -0.756. The van der Waals surface area contributed by atoms with E-state index in [1.54, 1.807) is 0 Å². The summed E-state index contributed by atoms with van der Waals surface area (Å²) in [7, 11) is 0. The standard InChI is InChI=1S/C18H18F3N5O3/c1-10(27)7-25-17(28)13-8-26(9-14(29-13)18(19,20)21)12-3-2-11(6-22)15-16(12)24-5-4-23-15/h2-5,10,13-14,27H,7-9H2,1H3,(H,25,28)/t10-,13-,14+/m1/s1. The number of carbonyl (C=O) groups excluding carboxylic acids is 1. The lowest BCUT2D eigenvalue weighted by molar-refractivity contribution is -0.234. The third-order valence-electron chi connectivity index (χ3n) is 4.40. The number of hydrogen-bond acceptors (Lipinski definition) is 7. The van der Waals surface area contributed by atoms with Gasteiger partial charge in [0.2, 0.25) is 0 Å². The Hall–Kier alpha value is -2.97. The number of nitrogens with one attached hydrogen (secondary N) is 1. The number of nitrogens with zero attached hydrogens (tertiary/aromatic N) is 4. The van der Waals surface area contributed by atoms with Gasteiger partial charge in [-0.05, 0) is 19.1 Å². The van der Waals surface area contributed by atoms with E-state index in [9.17, 15) is 28.3 Å². The van der Waals surface area contributed by atoms with Crippen LogP contribution >= 0.6 is 0 Å². The fourth-order valence-corrected chi connectivity index (χ4v) is 3.03. The lowest BCUT2D eigenvalue weighted by Crippen LogP contribution is -2.57. The highest BCUT2D eigenvalue weighted by Crippen LogP contribution is 2.33. The van der Waals surface area contributed by atoms with Crippen molar-refractivity contribution in [3.8, 4) is 6.07 Å². The van der Waals surface area contributed by atoms with Gasteiger partial charge in [-0.1, -0.05) is 0 Å². The van der Waals surface area contributed by atoms with E-state index in [1.807, 2.05) is 6.07 Å². The zero-order valence-electron chi connectivity index (χ0n) is 15.3. The van der Waals surface area contributed by atoms with Crippen molar-refractivity contribution >= 4 is 22.6 Å². The number of halogens is 3. The van der Waals surface area contributed by atoms with Crippen LogP contribution in [-0.2, 0) is 9.53 Å². The number of anilines is 1. The van der Waals surface area contributed by atoms with Crippen LogP contribution in [0.4, 0.5) is 18.9 Å². The van der Waals surface area contributed by atoms with Gasteiger partial charge in [0.25, 0.3) is 5.91 Å². The van der Waals surface area contributed by atoms with Crippen LogP contribution in [0.5, 0.6) is 0 Å². The topological polar surface area (TPSA) is 111 Å². The SMILES string of the molecule is C[C@@H](O)CNC(=O)[C@H]1CN(c2ccc(C#N)c3nccnc23)C[C@@H](C(F)(F)F)O1. The van der Waals surface area contributed by atoms with Gasteiger partial charge in [-0.25, -0.2) is 0 Å². The summed E-state index contributed by atoms with van der Waals surface area (Å²) in [4.78, 5) is 21.9. The van der Waals surface area contributed by atoms with Gasteiger partial charge in [-0.3, -0.25) is 14.8 Å². The number of morpholine rings is 1. The number of rotatable bonds is 4. The van der Waals surface area contributed by atoms with Crippen LogP contribution in [0.3, 0.4) is 0 Å². The Morgan fingerprint density at radius 2 is 2.07 bits per heavy atom. The predicted octanol–water partition coefficient (Wildman–Crippen LogP) is 1.13. The van der Waals surface area contributed by atoms with Crippen molar-refractivity contribution in [1.29, 1.82) is 5.26 Å². The Balaban J connectivity index is 1.96. The Morgan fingerprint density at radius 3 is 2.69 bits per heavy atom. The lowest BCUT2D eigenvalue weighted by atomic mass is 10.1. The number of aliphatic hydroxyl groups excluding tert-OH is 1. The molecule has 1 amide bonds. The molecule has 3 atom stereocenters. The Kier molecular flexibility index (Phi) is 5.86. The molecular formula is C18H18F3N5O3. The zero-order valence-corrected chi connectivity index (χ0v) is 15.3. The first-order valence-corrected chi connectivity index (χ1v) is 8.77. The van der Waals surface area contributed by atoms with E-state index in [-0.39, 0.29) is 29.7 Å². The predicted molar refractivity (Wildman–Crippen MR) is 95.9 cm³/mol. The van der Waals surface area contributed by atoms with Gasteiger partial charge in [0.15, 0.2) is 12.2 Å². The van der Waals surface area contributed by atoms with Crippen LogP contribution in [-0.4, -0.2) is 65.1 Å². The minimum atomic E-state index is -4.68. The minimum Gasteiger partial charge on any atom is -0.392 e. The Labute approximate surface area is 163 Å². The Bertz CT molecular complexity index is 944. The third-order valence-corrected chi connectivity index (χ3v) is 4.40. The van der Waals surface area contributed by atoms with Gasteiger partial charge in [-0.2, -0.15) is 18.4 Å². The van der Waals surface area contributed by atoms with Crippen molar-refractivity contribution in [3.63, 3.8) is 0 Å². The number of carbonyl (C=O) groups is 1. The average Bonchev–Trinajstić information content (AvgIpc) is 2.70. The number of amides is 1. The first-order chi connectivity index (χ1) is 13.7. The largest absolute Gasteiger partial charge is 0.416 e. The van der Waals surface area contributed by atoms with E-state index in [0.717, 1.165) is 0 Å². The Morgan fingerprint density at radius 1 is 1.38 bits per heavy atom. The zero-order chi connectivity index (χ0) is 21.2. The number of benzene rings is 1. The minimum absolute atomic E-state index is 0.110. The molecule has 1 aromatic heterocycles. The maximum Gasteiger partial charge on any atom is 0.416 e. The van der Waals surface area contributed by atoms with Gasteiger partial charge in [0.1, 0.15) is 17.1 Å². The first kappa shape index (κ1) is 20.8. The molecule has 0 bridgehead atoms. The highest BCUT2D eigenvalue weighted by molar-refractivity contribution is 5.92. The second kappa shape index (κ2) is 8.18. The maximum atomic E-state index is 13.4. The van der Waals surface area contributed by atoms with Crippen LogP contribution in [0.1, 0.15) is 12.5 Å². The quantitative estimate of drug-likeness (QED) is 0.779. The van der Waals surface area contributed by atoms with E-state index in [2.05, 4.69) is 15.3 Å². The maximum absolute atomic E-state index is 13.4. The monoisotopic (exact) mass is 409 g/mol. The van der Waals surface area contributed by atoms with Crippen LogP contribution in [0, 0.1) is 11.3 Å². The summed E-state index contributed by atoms with van der Waals surface area (Å²) in [6, 6.07) is 4.91. The molecule has 1 aliphatic heterocycles. The number of aliphatic hydroxyl groups is 1. The van der Waals surface area contributed by atoms with E-state index >= 15 is 0 Å². The molecule has 1 aliphatic rings. The molecule has 2 heterocycles. The molecule has 2 N–H and O–H groups in total. The number of nitriles is 1. The summed E-state index contributed by atoms with van der Waals surface area (Å²) in [6.07, 6.45) is -6.37. The normalized spacial score (nSPS) is 20.9. The molecule has 0 unspecified atom stereocenters. The van der Waals surface area contributed by atoms with E-state index in [1.165, 1.54) is 36.4 Å².